The number of allylic oxidation sites excluding steroid dienone is 1. The van der Waals surface area contributed by atoms with Gasteiger partial charge in [-0.3, -0.25) is 0 Å². The molecule has 4 heteroatoms. The van der Waals surface area contributed by atoms with Gasteiger partial charge in [-0.2, -0.15) is 4.39 Å². The molecule has 0 amide bonds. The van der Waals surface area contributed by atoms with Crippen molar-refractivity contribution >= 4 is 16.6 Å². The maximum absolute atomic E-state index is 13.1. The summed E-state index contributed by atoms with van der Waals surface area (Å²) in [6, 6.07) is 3.62. The quantitative estimate of drug-likeness (QED) is 0.831. The van der Waals surface area contributed by atoms with Gasteiger partial charge in [-0.15, -0.1) is 0 Å². The summed E-state index contributed by atoms with van der Waals surface area (Å²) in [5.74, 6) is -0.443. The highest BCUT2D eigenvalue weighted by molar-refractivity contribution is 5.91. The molecule has 2 N–H and O–H groups in total. The third kappa shape index (κ3) is 2.28. The molecule has 1 aliphatic carbocycles. The number of hydrogen-bond acceptors (Lipinski definition) is 2. The van der Waals surface area contributed by atoms with Crippen molar-refractivity contribution in [3.05, 3.63) is 35.9 Å². The number of nitrogens with zero attached hydrogens (tertiary/aromatic N) is 1. The molecule has 0 fully saturated rings. The minimum absolute atomic E-state index is 0.391. The molecule has 2 aromatic rings. The van der Waals surface area contributed by atoms with Crippen molar-refractivity contribution in [2.75, 3.05) is 6.54 Å². The number of aromatic nitrogens is 2. The Hall–Kier alpha value is -1.68. The molecule has 0 saturated carbocycles. The molecule has 3 rings (SSSR count). The van der Waals surface area contributed by atoms with Crippen LogP contribution >= 0.6 is 0 Å². The molecule has 3 nitrogen and oxygen atoms in total. The molecule has 0 radical (unpaired) electrons. The predicted octanol–water partition coefficient (Wildman–Crippen LogP) is 3.25. The van der Waals surface area contributed by atoms with E-state index < -0.39 is 5.95 Å². The van der Waals surface area contributed by atoms with E-state index in [4.69, 9.17) is 0 Å². The first-order valence-corrected chi connectivity index (χ1v) is 6.87. The van der Waals surface area contributed by atoms with Crippen molar-refractivity contribution in [3.8, 4) is 0 Å². The van der Waals surface area contributed by atoms with Crippen LogP contribution in [0.25, 0.3) is 16.6 Å². The summed E-state index contributed by atoms with van der Waals surface area (Å²) in [5, 5.41) is 4.52. The molecule has 100 valence electrons. The largest absolute Gasteiger partial charge is 0.345 e. The Morgan fingerprint density at radius 2 is 2.37 bits per heavy atom. The third-order valence-electron chi connectivity index (χ3n) is 3.70. The first-order chi connectivity index (χ1) is 9.29. The van der Waals surface area contributed by atoms with E-state index in [1.54, 1.807) is 0 Å². The normalized spacial score (nSPS) is 19.7. The van der Waals surface area contributed by atoms with Gasteiger partial charge in [-0.1, -0.05) is 13.0 Å². The van der Waals surface area contributed by atoms with Gasteiger partial charge in [0.2, 0.25) is 5.95 Å². The molecule has 1 atom stereocenters. The maximum atomic E-state index is 13.1. The zero-order valence-corrected chi connectivity index (χ0v) is 11.0. The van der Waals surface area contributed by atoms with Gasteiger partial charge in [0, 0.05) is 23.2 Å². The summed E-state index contributed by atoms with van der Waals surface area (Å²) in [6.07, 6.45) is 7.72. The number of likely N-dealkylation sites (N-methyl/N-ethyl adjacent to an activating group) is 1. The summed E-state index contributed by atoms with van der Waals surface area (Å²) in [7, 11) is 0. The van der Waals surface area contributed by atoms with Crippen LogP contribution in [0.3, 0.4) is 0 Å². The van der Waals surface area contributed by atoms with E-state index in [1.807, 2.05) is 12.3 Å². The monoisotopic (exact) mass is 259 g/mol. The van der Waals surface area contributed by atoms with Crippen LogP contribution < -0.4 is 5.32 Å². The van der Waals surface area contributed by atoms with Gasteiger partial charge in [0.1, 0.15) is 5.65 Å². The topological polar surface area (TPSA) is 40.7 Å². The van der Waals surface area contributed by atoms with Gasteiger partial charge in [-0.25, -0.2) is 4.98 Å². The molecule has 0 bridgehead atoms. The van der Waals surface area contributed by atoms with Crippen molar-refractivity contribution in [2.24, 2.45) is 0 Å². The van der Waals surface area contributed by atoms with Gasteiger partial charge in [0.05, 0.1) is 0 Å². The van der Waals surface area contributed by atoms with Crippen LogP contribution in [0.2, 0.25) is 0 Å². The van der Waals surface area contributed by atoms with Gasteiger partial charge >= 0.3 is 0 Å². The zero-order chi connectivity index (χ0) is 13.2. The number of fused-ring (bicyclic) bond motifs is 1. The van der Waals surface area contributed by atoms with E-state index >= 15 is 0 Å². The highest BCUT2D eigenvalue weighted by Crippen LogP contribution is 2.31. The molecule has 0 unspecified atom stereocenters. The second kappa shape index (κ2) is 5.13. The SMILES string of the molecule is CCN[C@H]1CCCC=C1c1c[nH]c2nc(F)ccc12. The second-order valence-corrected chi connectivity index (χ2v) is 4.93. The molecule has 0 spiro atoms. The van der Waals surface area contributed by atoms with Crippen LogP contribution in [0.5, 0.6) is 0 Å². The fourth-order valence-corrected chi connectivity index (χ4v) is 2.85. The Morgan fingerprint density at radius 1 is 1.47 bits per heavy atom. The van der Waals surface area contributed by atoms with Gasteiger partial charge < -0.3 is 10.3 Å². The minimum Gasteiger partial charge on any atom is -0.345 e. The van der Waals surface area contributed by atoms with E-state index in [0.717, 1.165) is 30.3 Å². The number of halogens is 1. The average Bonchev–Trinajstić information content (AvgIpc) is 2.82. The number of nitrogens with one attached hydrogen (secondary N) is 2. The molecule has 0 aromatic carbocycles. The molecule has 0 aliphatic heterocycles. The number of pyridine rings is 1. The molecule has 0 saturated heterocycles. The average molecular weight is 259 g/mol. The van der Waals surface area contributed by atoms with E-state index in [0.29, 0.717) is 11.7 Å². The lowest BCUT2D eigenvalue weighted by atomic mass is 9.89. The molecule has 2 aromatic heterocycles. The van der Waals surface area contributed by atoms with Crippen LogP contribution in [-0.2, 0) is 0 Å². The highest BCUT2D eigenvalue weighted by atomic mass is 19.1. The smallest absolute Gasteiger partial charge is 0.214 e. The van der Waals surface area contributed by atoms with Crippen molar-refractivity contribution in [1.82, 2.24) is 15.3 Å². The first kappa shape index (κ1) is 12.4. The Bertz CT molecular complexity index is 615. The first-order valence-electron chi connectivity index (χ1n) is 6.87. The van der Waals surface area contributed by atoms with Crippen LogP contribution in [0, 0.1) is 5.95 Å². The number of hydrogen-bond donors (Lipinski definition) is 2. The summed E-state index contributed by atoms with van der Waals surface area (Å²) in [5.41, 5.74) is 3.08. The highest BCUT2D eigenvalue weighted by Gasteiger charge is 2.20. The van der Waals surface area contributed by atoms with Crippen LogP contribution in [0.1, 0.15) is 31.7 Å². The van der Waals surface area contributed by atoms with Crippen molar-refractivity contribution in [2.45, 2.75) is 32.2 Å². The van der Waals surface area contributed by atoms with E-state index in [1.165, 1.54) is 18.1 Å². The predicted molar refractivity (Wildman–Crippen MR) is 75.3 cm³/mol. The number of H-pyrrole nitrogens is 1. The Kier molecular flexibility index (Phi) is 3.34. The fourth-order valence-electron chi connectivity index (χ4n) is 2.85. The van der Waals surface area contributed by atoms with Crippen molar-refractivity contribution in [3.63, 3.8) is 0 Å². The van der Waals surface area contributed by atoms with Gasteiger partial charge in [0.15, 0.2) is 0 Å². The molecular formula is C15H18FN3. The minimum atomic E-state index is -0.443. The van der Waals surface area contributed by atoms with Gasteiger partial charge in [0.25, 0.3) is 0 Å². The van der Waals surface area contributed by atoms with Crippen LogP contribution in [0.4, 0.5) is 4.39 Å². The lowest BCUT2D eigenvalue weighted by Gasteiger charge is -2.25. The summed E-state index contributed by atoms with van der Waals surface area (Å²) in [4.78, 5) is 6.96. The molecule has 1 aliphatic rings. The Labute approximate surface area is 111 Å². The molecular weight excluding hydrogens is 241 g/mol. The van der Waals surface area contributed by atoms with E-state index in [-0.39, 0.29) is 0 Å². The van der Waals surface area contributed by atoms with Crippen LogP contribution in [-0.4, -0.2) is 22.6 Å². The Balaban J connectivity index is 2.05. The van der Waals surface area contributed by atoms with Gasteiger partial charge in [-0.05, 0) is 43.5 Å². The summed E-state index contributed by atoms with van der Waals surface area (Å²) >= 11 is 0. The lowest BCUT2D eigenvalue weighted by molar-refractivity contribution is 0.551. The van der Waals surface area contributed by atoms with E-state index in [9.17, 15) is 4.39 Å². The zero-order valence-electron chi connectivity index (χ0n) is 11.0. The summed E-state index contributed by atoms with van der Waals surface area (Å²) in [6.45, 7) is 3.08. The van der Waals surface area contributed by atoms with Crippen molar-refractivity contribution < 1.29 is 4.39 Å². The van der Waals surface area contributed by atoms with E-state index in [2.05, 4.69) is 28.3 Å². The number of aromatic amines is 1. The van der Waals surface area contributed by atoms with Crippen LogP contribution in [0.15, 0.2) is 24.4 Å². The standard InChI is InChI=1S/C15H18FN3/c1-2-17-13-6-4-3-5-10(13)12-9-18-15-11(12)7-8-14(16)19-15/h5,7-9,13,17H,2-4,6H2,1H3,(H,18,19)/t13-/m0/s1. The second-order valence-electron chi connectivity index (χ2n) is 4.93. The molecule has 2 heterocycles. The summed E-state index contributed by atoms with van der Waals surface area (Å²) < 4.78 is 13.1. The lowest BCUT2D eigenvalue weighted by Crippen LogP contribution is -2.31. The fraction of sp³-hybridized carbons (Fsp3) is 0.400. The number of rotatable bonds is 3. The maximum Gasteiger partial charge on any atom is 0.214 e. The molecule has 19 heavy (non-hydrogen) atoms. The Morgan fingerprint density at radius 3 is 3.21 bits per heavy atom. The van der Waals surface area contributed by atoms with Crippen molar-refractivity contribution in [1.29, 1.82) is 0 Å². The third-order valence-corrected chi connectivity index (χ3v) is 3.70.